The van der Waals surface area contributed by atoms with Crippen molar-refractivity contribution < 1.29 is 9.53 Å². The summed E-state index contributed by atoms with van der Waals surface area (Å²) in [5, 5.41) is 0. The monoisotopic (exact) mass is 202 g/mol. The fourth-order valence-corrected chi connectivity index (χ4v) is 1.65. The molecular formula is C13H14O2. The van der Waals surface area contributed by atoms with Gasteiger partial charge in [0.2, 0.25) is 0 Å². The molecule has 0 amide bonds. The van der Waals surface area contributed by atoms with Crippen LogP contribution < -0.4 is 0 Å². The second-order valence-corrected chi connectivity index (χ2v) is 3.69. The van der Waals surface area contributed by atoms with Crippen LogP contribution >= 0.6 is 0 Å². The van der Waals surface area contributed by atoms with Crippen LogP contribution in [-0.2, 0) is 9.53 Å². The lowest BCUT2D eigenvalue weighted by Gasteiger charge is -2.18. The van der Waals surface area contributed by atoms with E-state index in [-0.39, 0.29) is 12.1 Å². The fraction of sp³-hybridized carbons (Fsp3) is 0.308. The van der Waals surface area contributed by atoms with Crippen LogP contribution in [-0.4, -0.2) is 12.1 Å². The number of rotatable bonds is 2. The molecule has 0 N–H and O–H groups in total. The molecule has 1 heterocycles. The number of esters is 1. The molecule has 1 aliphatic rings. The van der Waals surface area contributed by atoms with E-state index in [0.717, 1.165) is 18.4 Å². The quantitative estimate of drug-likeness (QED) is 0.689. The molecule has 15 heavy (non-hydrogen) atoms. The summed E-state index contributed by atoms with van der Waals surface area (Å²) < 4.78 is 5.18. The van der Waals surface area contributed by atoms with E-state index in [1.807, 2.05) is 42.5 Å². The van der Waals surface area contributed by atoms with Crippen molar-refractivity contribution in [3.05, 3.63) is 42.0 Å². The molecule has 0 unspecified atom stereocenters. The Bertz CT molecular complexity index is 354. The predicted molar refractivity (Wildman–Crippen MR) is 59.2 cm³/mol. The topological polar surface area (TPSA) is 26.3 Å². The molecule has 1 aromatic carbocycles. The van der Waals surface area contributed by atoms with Crippen molar-refractivity contribution in [1.82, 2.24) is 0 Å². The molecule has 2 rings (SSSR count). The molecule has 1 aromatic rings. The highest BCUT2D eigenvalue weighted by Gasteiger charge is 2.17. The Morgan fingerprint density at radius 1 is 1.27 bits per heavy atom. The number of carbonyl (C=O) groups is 1. The van der Waals surface area contributed by atoms with Gasteiger partial charge < -0.3 is 4.74 Å². The molecule has 0 spiro atoms. The van der Waals surface area contributed by atoms with Gasteiger partial charge in [0.1, 0.15) is 6.10 Å². The smallest absolute Gasteiger partial charge is 0.306 e. The highest BCUT2D eigenvalue weighted by Crippen LogP contribution is 2.16. The van der Waals surface area contributed by atoms with Crippen LogP contribution in [0.5, 0.6) is 0 Å². The summed E-state index contributed by atoms with van der Waals surface area (Å²) in [4.78, 5) is 11.0. The van der Waals surface area contributed by atoms with Crippen molar-refractivity contribution in [2.45, 2.75) is 25.4 Å². The van der Waals surface area contributed by atoms with Crippen LogP contribution in [0.3, 0.4) is 0 Å². The molecule has 1 aliphatic heterocycles. The second kappa shape index (κ2) is 4.78. The van der Waals surface area contributed by atoms with Crippen molar-refractivity contribution >= 4 is 12.0 Å². The SMILES string of the molecule is O=C1CCC[C@@H](C=Cc2ccccc2)O1. The molecule has 2 heteroatoms. The summed E-state index contributed by atoms with van der Waals surface area (Å²) in [6.07, 6.45) is 6.37. The van der Waals surface area contributed by atoms with Crippen molar-refractivity contribution in [1.29, 1.82) is 0 Å². The first-order valence-electron chi connectivity index (χ1n) is 5.27. The summed E-state index contributed by atoms with van der Waals surface area (Å²) in [7, 11) is 0. The highest BCUT2D eigenvalue weighted by atomic mass is 16.5. The Kier molecular flexibility index (Phi) is 3.18. The largest absolute Gasteiger partial charge is 0.458 e. The molecule has 1 fully saturated rings. The van der Waals surface area contributed by atoms with Gasteiger partial charge >= 0.3 is 5.97 Å². The molecule has 0 radical (unpaired) electrons. The Balaban J connectivity index is 1.96. The minimum Gasteiger partial charge on any atom is -0.458 e. The number of ether oxygens (including phenoxy) is 1. The fourth-order valence-electron chi connectivity index (χ4n) is 1.65. The van der Waals surface area contributed by atoms with E-state index in [1.54, 1.807) is 0 Å². The van der Waals surface area contributed by atoms with E-state index in [1.165, 1.54) is 0 Å². The number of hydrogen-bond donors (Lipinski definition) is 0. The Morgan fingerprint density at radius 2 is 2.07 bits per heavy atom. The van der Waals surface area contributed by atoms with E-state index in [9.17, 15) is 4.79 Å². The van der Waals surface area contributed by atoms with Gasteiger partial charge in [-0.05, 0) is 24.5 Å². The first kappa shape index (κ1) is 9.97. The summed E-state index contributed by atoms with van der Waals surface area (Å²) >= 11 is 0. The van der Waals surface area contributed by atoms with E-state index in [2.05, 4.69) is 0 Å². The molecule has 1 saturated heterocycles. The van der Waals surface area contributed by atoms with Gasteiger partial charge in [-0.25, -0.2) is 0 Å². The number of carbonyl (C=O) groups excluding carboxylic acids is 1. The number of benzene rings is 1. The van der Waals surface area contributed by atoms with Gasteiger partial charge in [-0.3, -0.25) is 4.79 Å². The second-order valence-electron chi connectivity index (χ2n) is 3.69. The maximum atomic E-state index is 11.0. The zero-order valence-corrected chi connectivity index (χ0v) is 8.56. The molecule has 0 saturated carbocycles. The average molecular weight is 202 g/mol. The lowest BCUT2D eigenvalue weighted by Crippen LogP contribution is -2.21. The van der Waals surface area contributed by atoms with Gasteiger partial charge in [-0.2, -0.15) is 0 Å². The average Bonchev–Trinajstić information content (AvgIpc) is 2.28. The summed E-state index contributed by atoms with van der Waals surface area (Å²) in [6.45, 7) is 0. The van der Waals surface area contributed by atoms with Crippen LogP contribution in [0.1, 0.15) is 24.8 Å². The minimum atomic E-state index is -0.0797. The van der Waals surface area contributed by atoms with Gasteiger partial charge in [-0.1, -0.05) is 36.4 Å². The van der Waals surface area contributed by atoms with Gasteiger partial charge in [0.15, 0.2) is 0 Å². The van der Waals surface area contributed by atoms with Crippen LogP contribution in [0.15, 0.2) is 36.4 Å². The first-order chi connectivity index (χ1) is 7.34. The summed E-state index contributed by atoms with van der Waals surface area (Å²) in [5.74, 6) is -0.0797. The van der Waals surface area contributed by atoms with Crippen LogP contribution in [0.2, 0.25) is 0 Å². The van der Waals surface area contributed by atoms with E-state index >= 15 is 0 Å². The Hall–Kier alpha value is -1.57. The Morgan fingerprint density at radius 3 is 2.80 bits per heavy atom. The Labute approximate surface area is 89.6 Å². The molecule has 0 aromatic heterocycles. The normalized spacial score (nSPS) is 21.6. The lowest BCUT2D eigenvalue weighted by atomic mass is 10.1. The van der Waals surface area contributed by atoms with Gasteiger partial charge in [0.05, 0.1) is 0 Å². The van der Waals surface area contributed by atoms with Crippen molar-refractivity contribution in [2.24, 2.45) is 0 Å². The van der Waals surface area contributed by atoms with Gasteiger partial charge in [-0.15, -0.1) is 0 Å². The number of cyclic esters (lactones) is 1. The van der Waals surface area contributed by atoms with Crippen molar-refractivity contribution in [3.8, 4) is 0 Å². The maximum Gasteiger partial charge on any atom is 0.306 e. The third kappa shape index (κ3) is 2.94. The molecule has 2 nitrogen and oxygen atoms in total. The standard InChI is InChI=1S/C13H14O2/c14-13-8-4-7-12(15-13)10-9-11-5-2-1-3-6-11/h1-3,5-6,9-10,12H,4,7-8H2/t12-/m0/s1. The minimum absolute atomic E-state index is 0.0357. The molecule has 0 aliphatic carbocycles. The maximum absolute atomic E-state index is 11.0. The van der Waals surface area contributed by atoms with Gasteiger partial charge in [0, 0.05) is 6.42 Å². The van der Waals surface area contributed by atoms with Crippen LogP contribution in [0, 0.1) is 0 Å². The summed E-state index contributed by atoms with van der Waals surface area (Å²) in [6, 6.07) is 10.0. The van der Waals surface area contributed by atoms with E-state index in [4.69, 9.17) is 4.74 Å². The lowest BCUT2D eigenvalue weighted by molar-refractivity contribution is -0.150. The predicted octanol–water partition coefficient (Wildman–Crippen LogP) is 2.80. The van der Waals surface area contributed by atoms with Crippen molar-refractivity contribution in [3.63, 3.8) is 0 Å². The van der Waals surface area contributed by atoms with Crippen LogP contribution in [0.25, 0.3) is 6.08 Å². The van der Waals surface area contributed by atoms with Gasteiger partial charge in [0.25, 0.3) is 0 Å². The molecular weight excluding hydrogens is 188 g/mol. The third-order valence-corrected chi connectivity index (χ3v) is 2.46. The van der Waals surface area contributed by atoms with Crippen LogP contribution in [0.4, 0.5) is 0 Å². The number of hydrogen-bond acceptors (Lipinski definition) is 2. The van der Waals surface area contributed by atoms with Crippen molar-refractivity contribution in [2.75, 3.05) is 0 Å². The zero-order chi connectivity index (χ0) is 10.5. The molecule has 78 valence electrons. The summed E-state index contributed by atoms with van der Waals surface area (Å²) in [5.41, 5.74) is 1.14. The first-order valence-corrected chi connectivity index (χ1v) is 5.27. The van der Waals surface area contributed by atoms with E-state index < -0.39 is 0 Å². The molecule has 0 bridgehead atoms. The van der Waals surface area contributed by atoms with E-state index in [0.29, 0.717) is 6.42 Å². The molecule has 1 atom stereocenters. The zero-order valence-electron chi connectivity index (χ0n) is 8.56. The highest BCUT2D eigenvalue weighted by molar-refractivity contribution is 5.70. The third-order valence-electron chi connectivity index (χ3n) is 2.46.